The second kappa shape index (κ2) is 8.19. The van der Waals surface area contributed by atoms with E-state index in [1.165, 1.54) is 6.08 Å². The minimum Gasteiger partial charge on any atom is -0.546 e. The lowest BCUT2D eigenvalue weighted by Gasteiger charge is -2.06. The molecule has 0 aliphatic heterocycles. The van der Waals surface area contributed by atoms with Crippen LogP contribution in [-0.2, 0) is 4.79 Å². The lowest BCUT2D eigenvalue weighted by atomic mass is 10.0. The van der Waals surface area contributed by atoms with E-state index in [2.05, 4.69) is 0 Å². The highest BCUT2D eigenvalue weighted by molar-refractivity contribution is 6.07. The number of rotatable bonds is 7. The van der Waals surface area contributed by atoms with Crippen LogP contribution in [0.15, 0.2) is 66.7 Å². The standard InChI is InChI=1S/C22H18O5/c1-26-20-10-7-17-12-15(2-4-18(17)13-20)3-11-21(23)16-5-8-19(9-6-16)27-14-22(24)25/h2-13H,14H2,1H3,(H,24,25)/p-1/b11-3+. The molecule has 0 N–H and O–H groups in total. The number of allylic oxidation sites excluding steroid dienone is 1. The van der Waals surface area contributed by atoms with Gasteiger partial charge >= 0.3 is 0 Å². The average Bonchev–Trinajstić information content (AvgIpc) is 2.70. The summed E-state index contributed by atoms with van der Waals surface area (Å²) in [4.78, 5) is 22.7. The molecule has 136 valence electrons. The Balaban J connectivity index is 1.70. The number of ketones is 1. The van der Waals surface area contributed by atoms with Crippen molar-refractivity contribution in [3.8, 4) is 11.5 Å². The van der Waals surface area contributed by atoms with Gasteiger partial charge in [-0.2, -0.15) is 0 Å². The van der Waals surface area contributed by atoms with Crippen molar-refractivity contribution in [2.45, 2.75) is 0 Å². The minimum atomic E-state index is -1.30. The van der Waals surface area contributed by atoms with E-state index >= 15 is 0 Å². The summed E-state index contributed by atoms with van der Waals surface area (Å²) in [7, 11) is 1.63. The molecule has 0 fully saturated rings. The largest absolute Gasteiger partial charge is 0.546 e. The zero-order valence-electron chi connectivity index (χ0n) is 14.7. The fourth-order valence-electron chi connectivity index (χ4n) is 2.60. The maximum atomic E-state index is 12.3. The van der Waals surface area contributed by atoms with Crippen LogP contribution >= 0.6 is 0 Å². The molecule has 3 rings (SSSR count). The van der Waals surface area contributed by atoms with E-state index < -0.39 is 12.6 Å². The highest BCUT2D eigenvalue weighted by atomic mass is 16.5. The van der Waals surface area contributed by atoms with Crippen molar-refractivity contribution >= 4 is 28.6 Å². The number of carbonyl (C=O) groups excluding carboxylic acids is 2. The van der Waals surface area contributed by atoms with E-state index in [4.69, 9.17) is 9.47 Å². The van der Waals surface area contributed by atoms with Crippen LogP contribution in [0, 0.1) is 0 Å². The third-order valence-corrected chi connectivity index (χ3v) is 3.99. The summed E-state index contributed by atoms with van der Waals surface area (Å²) in [6.07, 6.45) is 3.26. The summed E-state index contributed by atoms with van der Waals surface area (Å²) in [5.74, 6) is -0.291. The van der Waals surface area contributed by atoms with Gasteiger partial charge in [-0.15, -0.1) is 0 Å². The van der Waals surface area contributed by atoms with Crippen molar-refractivity contribution in [1.82, 2.24) is 0 Å². The van der Waals surface area contributed by atoms with Crippen molar-refractivity contribution in [3.05, 3.63) is 77.9 Å². The van der Waals surface area contributed by atoms with Crippen molar-refractivity contribution in [2.24, 2.45) is 0 Å². The van der Waals surface area contributed by atoms with Crippen LogP contribution in [0.2, 0.25) is 0 Å². The predicted octanol–water partition coefficient (Wildman–Crippen LogP) is 2.87. The smallest absolute Gasteiger partial charge is 0.185 e. The van der Waals surface area contributed by atoms with Crippen LogP contribution in [0.4, 0.5) is 0 Å². The molecule has 0 saturated carbocycles. The van der Waals surface area contributed by atoms with Gasteiger partial charge in [0.05, 0.1) is 13.1 Å². The molecule has 0 heterocycles. The molecule has 3 aromatic rings. The Morgan fingerprint density at radius 3 is 2.30 bits per heavy atom. The van der Waals surface area contributed by atoms with Crippen LogP contribution in [0.25, 0.3) is 16.8 Å². The Kier molecular flexibility index (Phi) is 5.52. The van der Waals surface area contributed by atoms with E-state index in [1.54, 1.807) is 37.5 Å². The van der Waals surface area contributed by atoms with E-state index in [0.29, 0.717) is 11.3 Å². The maximum Gasteiger partial charge on any atom is 0.185 e. The van der Waals surface area contributed by atoms with Gasteiger partial charge in [0.25, 0.3) is 0 Å². The van der Waals surface area contributed by atoms with Crippen molar-refractivity contribution in [1.29, 1.82) is 0 Å². The minimum absolute atomic E-state index is 0.156. The quantitative estimate of drug-likeness (QED) is 0.478. The van der Waals surface area contributed by atoms with Gasteiger partial charge in [-0.25, -0.2) is 0 Å². The molecule has 0 aliphatic carbocycles. The molecule has 0 bridgehead atoms. The summed E-state index contributed by atoms with van der Waals surface area (Å²) in [5, 5.41) is 12.5. The predicted molar refractivity (Wildman–Crippen MR) is 101 cm³/mol. The number of fused-ring (bicyclic) bond motifs is 1. The number of aliphatic carboxylic acids is 1. The first-order valence-corrected chi connectivity index (χ1v) is 8.28. The van der Waals surface area contributed by atoms with Crippen molar-refractivity contribution in [3.63, 3.8) is 0 Å². The Hall–Kier alpha value is -3.60. The zero-order chi connectivity index (χ0) is 19.2. The third kappa shape index (κ3) is 4.73. The Labute approximate surface area is 156 Å². The SMILES string of the molecule is COc1ccc2cc(/C=C/C(=O)c3ccc(OCC(=O)[O-])cc3)ccc2c1. The average molecular weight is 361 g/mol. The lowest BCUT2D eigenvalue weighted by molar-refractivity contribution is -0.307. The molecule has 0 radical (unpaired) electrons. The summed E-state index contributed by atoms with van der Waals surface area (Å²) < 4.78 is 10.2. The lowest BCUT2D eigenvalue weighted by Crippen LogP contribution is -2.28. The normalized spacial score (nSPS) is 10.9. The molecule has 0 unspecified atom stereocenters. The first-order chi connectivity index (χ1) is 13.0. The van der Waals surface area contributed by atoms with Gasteiger partial charge in [0.1, 0.15) is 18.1 Å². The van der Waals surface area contributed by atoms with Crippen LogP contribution in [-0.4, -0.2) is 25.5 Å². The first kappa shape index (κ1) is 18.2. The molecular weight excluding hydrogens is 344 g/mol. The Morgan fingerprint density at radius 2 is 1.59 bits per heavy atom. The van der Waals surface area contributed by atoms with Crippen molar-refractivity contribution < 1.29 is 24.2 Å². The molecule has 0 amide bonds. The topological polar surface area (TPSA) is 75.7 Å². The molecule has 0 aromatic heterocycles. The second-order valence-corrected chi connectivity index (χ2v) is 5.86. The summed E-state index contributed by atoms with van der Waals surface area (Å²) in [5.41, 5.74) is 1.40. The second-order valence-electron chi connectivity index (χ2n) is 5.86. The number of ether oxygens (including phenoxy) is 2. The first-order valence-electron chi connectivity index (χ1n) is 8.28. The summed E-state index contributed by atoms with van der Waals surface area (Å²) >= 11 is 0. The summed E-state index contributed by atoms with van der Waals surface area (Å²) in [6.45, 7) is -0.527. The Morgan fingerprint density at radius 1 is 0.926 bits per heavy atom. The number of carboxylic acids is 1. The molecule has 3 aromatic carbocycles. The molecule has 27 heavy (non-hydrogen) atoms. The molecule has 0 aliphatic rings. The van der Waals surface area contributed by atoms with Gasteiger partial charge in [0.15, 0.2) is 5.78 Å². The molecule has 0 atom stereocenters. The number of hydrogen-bond acceptors (Lipinski definition) is 5. The number of benzene rings is 3. The van der Waals surface area contributed by atoms with Gasteiger partial charge < -0.3 is 19.4 Å². The molecule has 0 spiro atoms. The van der Waals surface area contributed by atoms with Crippen LogP contribution < -0.4 is 14.6 Å². The van der Waals surface area contributed by atoms with E-state index in [0.717, 1.165) is 22.1 Å². The Bertz CT molecular complexity index is 1000. The fraction of sp³-hybridized carbons (Fsp3) is 0.0909. The van der Waals surface area contributed by atoms with E-state index in [1.807, 2.05) is 36.4 Å². The van der Waals surface area contributed by atoms with E-state index in [9.17, 15) is 14.7 Å². The number of hydrogen-bond donors (Lipinski definition) is 0. The van der Waals surface area contributed by atoms with Crippen LogP contribution in [0.5, 0.6) is 11.5 Å². The van der Waals surface area contributed by atoms with Gasteiger partial charge in [-0.3, -0.25) is 4.79 Å². The van der Waals surface area contributed by atoms with Gasteiger partial charge in [-0.05, 0) is 64.9 Å². The number of methoxy groups -OCH3 is 1. The van der Waals surface area contributed by atoms with Crippen LogP contribution in [0.3, 0.4) is 0 Å². The highest BCUT2D eigenvalue weighted by Crippen LogP contribution is 2.22. The molecular formula is C22H17O5-. The van der Waals surface area contributed by atoms with Gasteiger partial charge in [-0.1, -0.05) is 24.3 Å². The van der Waals surface area contributed by atoms with Gasteiger partial charge in [0, 0.05) is 5.56 Å². The van der Waals surface area contributed by atoms with Crippen molar-refractivity contribution in [2.75, 3.05) is 13.7 Å². The van der Waals surface area contributed by atoms with Gasteiger partial charge in [0.2, 0.25) is 0 Å². The molecule has 5 heteroatoms. The summed E-state index contributed by atoms with van der Waals surface area (Å²) in [6, 6.07) is 18.0. The molecule has 0 saturated heterocycles. The zero-order valence-corrected chi connectivity index (χ0v) is 14.7. The highest BCUT2D eigenvalue weighted by Gasteiger charge is 2.03. The molecule has 5 nitrogen and oxygen atoms in total. The maximum absolute atomic E-state index is 12.3. The number of carbonyl (C=O) groups is 2. The third-order valence-electron chi connectivity index (χ3n) is 3.99. The van der Waals surface area contributed by atoms with Crippen LogP contribution in [0.1, 0.15) is 15.9 Å². The van der Waals surface area contributed by atoms with E-state index in [-0.39, 0.29) is 5.78 Å². The number of carboxylic acid groups (broad SMARTS) is 1. The fourth-order valence-corrected chi connectivity index (χ4v) is 2.60. The monoisotopic (exact) mass is 361 g/mol.